The molecule has 0 aromatic rings. The second-order valence-electron chi connectivity index (χ2n) is 4.21. The number of aliphatic hydroxyl groups excluding tert-OH is 2. The standard InChI is InChI=1S/C12H22O4/c1-10(15)8-11(5-7-14)9-12(16)4-2-3-6-13/h11,13-14H,2-9H2,1H3. The quantitative estimate of drug-likeness (QED) is 0.551. The first-order chi connectivity index (χ1) is 7.60. The van der Waals surface area contributed by atoms with Gasteiger partial charge in [0, 0.05) is 32.5 Å². The van der Waals surface area contributed by atoms with Crippen molar-refractivity contribution in [1.82, 2.24) is 0 Å². The van der Waals surface area contributed by atoms with E-state index in [4.69, 9.17) is 10.2 Å². The van der Waals surface area contributed by atoms with E-state index in [2.05, 4.69) is 0 Å². The Balaban J connectivity index is 3.87. The first-order valence-electron chi connectivity index (χ1n) is 5.83. The van der Waals surface area contributed by atoms with Crippen molar-refractivity contribution in [3.8, 4) is 0 Å². The largest absolute Gasteiger partial charge is 0.396 e. The summed E-state index contributed by atoms with van der Waals surface area (Å²) in [4.78, 5) is 22.5. The minimum absolute atomic E-state index is 0.0157. The lowest BCUT2D eigenvalue weighted by Crippen LogP contribution is -2.13. The summed E-state index contributed by atoms with van der Waals surface area (Å²) in [5, 5.41) is 17.4. The van der Waals surface area contributed by atoms with E-state index in [9.17, 15) is 9.59 Å². The Morgan fingerprint density at radius 1 is 1.06 bits per heavy atom. The van der Waals surface area contributed by atoms with E-state index < -0.39 is 0 Å². The summed E-state index contributed by atoms with van der Waals surface area (Å²) in [6, 6.07) is 0. The van der Waals surface area contributed by atoms with Crippen LogP contribution in [0.25, 0.3) is 0 Å². The molecule has 0 amide bonds. The zero-order chi connectivity index (χ0) is 12.4. The van der Waals surface area contributed by atoms with Crippen molar-refractivity contribution in [3.63, 3.8) is 0 Å². The van der Waals surface area contributed by atoms with Gasteiger partial charge < -0.3 is 15.0 Å². The number of hydrogen-bond acceptors (Lipinski definition) is 4. The highest BCUT2D eigenvalue weighted by Gasteiger charge is 2.15. The highest BCUT2D eigenvalue weighted by atomic mass is 16.3. The fourth-order valence-electron chi connectivity index (χ4n) is 1.72. The minimum Gasteiger partial charge on any atom is -0.396 e. The van der Waals surface area contributed by atoms with Gasteiger partial charge >= 0.3 is 0 Å². The first kappa shape index (κ1) is 15.3. The Hall–Kier alpha value is -0.740. The van der Waals surface area contributed by atoms with Gasteiger partial charge in [0.05, 0.1) is 0 Å². The van der Waals surface area contributed by atoms with Crippen molar-refractivity contribution in [2.24, 2.45) is 5.92 Å². The van der Waals surface area contributed by atoms with Gasteiger partial charge in [0.25, 0.3) is 0 Å². The average Bonchev–Trinajstić information content (AvgIpc) is 2.17. The van der Waals surface area contributed by atoms with Crippen molar-refractivity contribution in [2.45, 2.75) is 45.4 Å². The summed E-state index contributed by atoms with van der Waals surface area (Å²) in [5.41, 5.74) is 0. The van der Waals surface area contributed by atoms with Gasteiger partial charge in [0.2, 0.25) is 0 Å². The van der Waals surface area contributed by atoms with Crippen molar-refractivity contribution in [2.75, 3.05) is 13.2 Å². The second-order valence-corrected chi connectivity index (χ2v) is 4.21. The summed E-state index contributed by atoms with van der Waals surface area (Å²) in [6.45, 7) is 1.63. The summed E-state index contributed by atoms with van der Waals surface area (Å²) in [6.07, 6.45) is 3.04. The van der Waals surface area contributed by atoms with Crippen LogP contribution in [0.2, 0.25) is 0 Å². The zero-order valence-corrected chi connectivity index (χ0v) is 9.95. The lowest BCUT2D eigenvalue weighted by Gasteiger charge is -2.12. The molecule has 0 bridgehead atoms. The summed E-state index contributed by atoms with van der Waals surface area (Å²) in [7, 11) is 0. The van der Waals surface area contributed by atoms with E-state index in [1.165, 1.54) is 6.92 Å². The van der Waals surface area contributed by atoms with Gasteiger partial charge in [-0.25, -0.2) is 0 Å². The summed E-state index contributed by atoms with van der Waals surface area (Å²) >= 11 is 0. The predicted octanol–water partition coefficient (Wildman–Crippen LogP) is 1.09. The maximum Gasteiger partial charge on any atom is 0.133 e. The van der Waals surface area contributed by atoms with Gasteiger partial charge in [-0.2, -0.15) is 0 Å². The van der Waals surface area contributed by atoms with Gasteiger partial charge in [-0.1, -0.05) is 0 Å². The number of rotatable bonds is 10. The molecule has 1 atom stereocenters. The summed E-state index contributed by atoms with van der Waals surface area (Å²) < 4.78 is 0. The van der Waals surface area contributed by atoms with Crippen LogP contribution in [-0.4, -0.2) is 35.0 Å². The van der Waals surface area contributed by atoms with Crippen LogP contribution >= 0.6 is 0 Å². The Morgan fingerprint density at radius 2 is 1.75 bits per heavy atom. The highest BCUT2D eigenvalue weighted by molar-refractivity contribution is 5.80. The van der Waals surface area contributed by atoms with Crippen LogP contribution in [0, 0.1) is 5.92 Å². The Labute approximate surface area is 96.7 Å². The fourth-order valence-corrected chi connectivity index (χ4v) is 1.72. The molecular formula is C12H22O4. The van der Waals surface area contributed by atoms with Crippen molar-refractivity contribution >= 4 is 11.6 Å². The van der Waals surface area contributed by atoms with E-state index in [-0.39, 0.29) is 30.7 Å². The molecule has 0 heterocycles. The molecule has 0 aromatic heterocycles. The maximum atomic E-state index is 11.5. The van der Waals surface area contributed by atoms with Crippen LogP contribution < -0.4 is 0 Å². The highest BCUT2D eigenvalue weighted by Crippen LogP contribution is 2.16. The number of carbonyl (C=O) groups excluding carboxylic acids is 2. The number of hydrogen-bond donors (Lipinski definition) is 2. The minimum atomic E-state index is -0.0240. The molecule has 1 unspecified atom stereocenters. The molecule has 4 nitrogen and oxygen atoms in total. The number of unbranched alkanes of at least 4 members (excludes halogenated alkanes) is 1. The van der Waals surface area contributed by atoms with Crippen molar-refractivity contribution < 1.29 is 19.8 Å². The molecule has 4 heteroatoms. The maximum absolute atomic E-state index is 11.5. The predicted molar refractivity (Wildman–Crippen MR) is 61.1 cm³/mol. The third-order valence-electron chi connectivity index (χ3n) is 2.49. The molecule has 0 rings (SSSR count). The normalized spacial score (nSPS) is 12.4. The molecule has 0 aliphatic rings. The van der Waals surface area contributed by atoms with Crippen LogP contribution in [0.15, 0.2) is 0 Å². The molecule has 94 valence electrons. The summed E-state index contributed by atoms with van der Waals surface area (Å²) in [5.74, 6) is 0.152. The fraction of sp³-hybridized carbons (Fsp3) is 0.833. The van der Waals surface area contributed by atoms with Crippen LogP contribution in [-0.2, 0) is 9.59 Å². The topological polar surface area (TPSA) is 74.6 Å². The molecule has 0 aliphatic heterocycles. The third kappa shape index (κ3) is 8.56. The second kappa shape index (κ2) is 9.48. The van der Waals surface area contributed by atoms with E-state index in [1.807, 2.05) is 0 Å². The van der Waals surface area contributed by atoms with Crippen molar-refractivity contribution in [3.05, 3.63) is 0 Å². The lowest BCUT2D eigenvalue weighted by molar-refractivity contribution is -0.121. The smallest absolute Gasteiger partial charge is 0.133 e. The number of carbonyl (C=O) groups is 2. The number of ketones is 2. The van der Waals surface area contributed by atoms with Crippen molar-refractivity contribution in [1.29, 1.82) is 0 Å². The Kier molecular flexibility index (Phi) is 9.04. The Morgan fingerprint density at radius 3 is 2.25 bits per heavy atom. The van der Waals surface area contributed by atoms with E-state index >= 15 is 0 Å². The van der Waals surface area contributed by atoms with Gasteiger partial charge in [0.1, 0.15) is 11.6 Å². The van der Waals surface area contributed by atoms with E-state index in [0.29, 0.717) is 38.5 Å². The number of aliphatic hydroxyl groups is 2. The van der Waals surface area contributed by atoms with Crippen LogP contribution in [0.3, 0.4) is 0 Å². The Bertz CT molecular complexity index is 213. The molecule has 0 radical (unpaired) electrons. The molecule has 16 heavy (non-hydrogen) atoms. The molecular weight excluding hydrogens is 208 g/mol. The molecule has 0 fully saturated rings. The van der Waals surface area contributed by atoms with Gasteiger partial charge in [-0.15, -0.1) is 0 Å². The van der Waals surface area contributed by atoms with Gasteiger partial charge in [-0.3, -0.25) is 4.79 Å². The lowest BCUT2D eigenvalue weighted by atomic mass is 9.92. The van der Waals surface area contributed by atoms with Gasteiger partial charge in [0.15, 0.2) is 0 Å². The molecule has 0 spiro atoms. The first-order valence-corrected chi connectivity index (χ1v) is 5.83. The third-order valence-corrected chi connectivity index (χ3v) is 2.49. The molecule has 0 saturated heterocycles. The zero-order valence-electron chi connectivity index (χ0n) is 9.95. The molecule has 0 aromatic carbocycles. The number of Topliss-reactive ketones (excluding diaryl/α,β-unsaturated/α-hetero) is 2. The van der Waals surface area contributed by atoms with Crippen LogP contribution in [0.4, 0.5) is 0 Å². The molecule has 0 aliphatic carbocycles. The SMILES string of the molecule is CC(=O)CC(CCO)CC(=O)CCCCO. The monoisotopic (exact) mass is 230 g/mol. The van der Waals surface area contributed by atoms with Gasteiger partial charge in [-0.05, 0) is 32.1 Å². The van der Waals surface area contributed by atoms with Crippen LogP contribution in [0.1, 0.15) is 45.4 Å². The average molecular weight is 230 g/mol. The van der Waals surface area contributed by atoms with E-state index in [0.717, 1.165) is 0 Å². The molecule has 2 N–H and O–H groups in total. The van der Waals surface area contributed by atoms with Crippen LogP contribution in [0.5, 0.6) is 0 Å². The molecule has 0 saturated carbocycles. The van der Waals surface area contributed by atoms with E-state index in [1.54, 1.807) is 0 Å².